The minimum atomic E-state index is -3.57. The molecular formula is C22H26BrNO2S2. The van der Waals surface area contributed by atoms with Crippen LogP contribution in [0.3, 0.4) is 0 Å². The maximum Gasteiger partial charge on any atom is 0.248 e. The lowest BCUT2D eigenvalue weighted by Crippen LogP contribution is -2.44. The molecule has 1 aliphatic rings. The summed E-state index contributed by atoms with van der Waals surface area (Å²) in [5.41, 5.74) is 2.27. The molecule has 28 heavy (non-hydrogen) atoms. The van der Waals surface area contributed by atoms with Crippen LogP contribution in [-0.2, 0) is 10.0 Å². The summed E-state index contributed by atoms with van der Waals surface area (Å²) in [6, 6.07) is 13.7. The van der Waals surface area contributed by atoms with Gasteiger partial charge in [-0.05, 0) is 53.7 Å². The van der Waals surface area contributed by atoms with Gasteiger partial charge in [0.15, 0.2) is 0 Å². The van der Waals surface area contributed by atoms with Crippen molar-refractivity contribution in [3.8, 4) is 0 Å². The molecular weight excluding hydrogens is 454 g/mol. The number of unbranched alkanes of at least 4 members (excludes halogenated alkanes) is 1. The van der Waals surface area contributed by atoms with Crippen molar-refractivity contribution < 1.29 is 8.42 Å². The first-order valence-corrected chi connectivity index (χ1v) is 13.0. The number of hydrogen-bond donors (Lipinski definition) is 0. The molecule has 2 atom stereocenters. The number of nitrogens with zero attached hydrogens (tertiary/aromatic N) is 1. The molecule has 3 rings (SSSR count). The fourth-order valence-corrected chi connectivity index (χ4v) is 7.02. The molecule has 0 spiro atoms. The Bertz CT molecular complexity index is 950. The van der Waals surface area contributed by atoms with E-state index in [4.69, 9.17) is 0 Å². The molecule has 0 aliphatic heterocycles. The van der Waals surface area contributed by atoms with Gasteiger partial charge in [0, 0.05) is 23.6 Å². The van der Waals surface area contributed by atoms with Crippen molar-refractivity contribution >= 4 is 43.3 Å². The van der Waals surface area contributed by atoms with E-state index in [-0.39, 0.29) is 5.92 Å². The highest BCUT2D eigenvalue weighted by molar-refractivity contribution is 9.09. The quantitative estimate of drug-likeness (QED) is 0.346. The van der Waals surface area contributed by atoms with Crippen molar-refractivity contribution in [3.63, 3.8) is 0 Å². The van der Waals surface area contributed by atoms with Gasteiger partial charge in [0.1, 0.15) is 4.75 Å². The highest BCUT2D eigenvalue weighted by Crippen LogP contribution is 2.46. The van der Waals surface area contributed by atoms with E-state index in [9.17, 15) is 8.42 Å². The zero-order valence-electron chi connectivity index (χ0n) is 16.2. The van der Waals surface area contributed by atoms with Crippen LogP contribution >= 0.6 is 27.7 Å². The van der Waals surface area contributed by atoms with E-state index < -0.39 is 14.8 Å². The van der Waals surface area contributed by atoms with E-state index in [0.29, 0.717) is 0 Å². The van der Waals surface area contributed by atoms with Gasteiger partial charge in [-0.1, -0.05) is 65.3 Å². The second-order valence-corrected chi connectivity index (χ2v) is 11.3. The first-order valence-electron chi connectivity index (χ1n) is 9.47. The van der Waals surface area contributed by atoms with Crippen LogP contribution in [0, 0.1) is 5.92 Å². The summed E-state index contributed by atoms with van der Waals surface area (Å²) >= 11 is 5.29. The third-order valence-corrected chi connectivity index (χ3v) is 9.72. The highest BCUT2D eigenvalue weighted by Gasteiger charge is 2.46. The van der Waals surface area contributed by atoms with E-state index >= 15 is 0 Å². The molecule has 1 aromatic heterocycles. The summed E-state index contributed by atoms with van der Waals surface area (Å²) < 4.78 is 27.2. The number of aromatic nitrogens is 1. The van der Waals surface area contributed by atoms with Crippen LogP contribution in [0.25, 0.3) is 5.57 Å². The third kappa shape index (κ3) is 4.05. The van der Waals surface area contributed by atoms with Crippen molar-refractivity contribution in [2.24, 2.45) is 5.92 Å². The largest absolute Gasteiger partial charge is 0.252 e. The van der Waals surface area contributed by atoms with Gasteiger partial charge in [-0.3, -0.25) is 3.97 Å². The Hall–Kier alpha value is -1.24. The van der Waals surface area contributed by atoms with E-state index in [1.807, 2.05) is 44.2 Å². The maximum absolute atomic E-state index is 13.4. The van der Waals surface area contributed by atoms with Gasteiger partial charge in [0.05, 0.1) is 0 Å². The van der Waals surface area contributed by atoms with Gasteiger partial charge in [-0.25, -0.2) is 8.42 Å². The van der Waals surface area contributed by atoms with Gasteiger partial charge in [0.2, 0.25) is 10.0 Å². The smallest absolute Gasteiger partial charge is 0.248 e. The van der Waals surface area contributed by atoms with Gasteiger partial charge >= 0.3 is 0 Å². The van der Waals surface area contributed by atoms with Crippen LogP contribution in [-0.4, -0.2) is 28.2 Å². The normalized spacial score (nSPS) is 22.6. The Labute approximate surface area is 181 Å². The van der Waals surface area contributed by atoms with Crippen molar-refractivity contribution in [1.29, 1.82) is 0 Å². The summed E-state index contributed by atoms with van der Waals surface area (Å²) in [7, 11) is -3.57. The molecule has 3 nitrogen and oxygen atoms in total. The molecule has 6 heteroatoms. The summed E-state index contributed by atoms with van der Waals surface area (Å²) in [5.74, 6) is 0.837. The van der Waals surface area contributed by atoms with Crippen molar-refractivity contribution in [2.45, 2.75) is 31.4 Å². The zero-order valence-corrected chi connectivity index (χ0v) is 19.4. The molecule has 0 bridgehead atoms. The van der Waals surface area contributed by atoms with Crippen LogP contribution in [0.4, 0.5) is 0 Å². The van der Waals surface area contributed by atoms with E-state index in [0.717, 1.165) is 40.0 Å². The first kappa shape index (κ1) is 21.5. The summed E-state index contributed by atoms with van der Waals surface area (Å²) in [6.07, 6.45) is 9.31. The summed E-state index contributed by atoms with van der Waals surface area (Å²) in [4.78, 5) is 1.15. The SMILES string of the molecule is CC1C(SCCCCBr)=C(c2ccccc2)C=CC1(C)S(=O)(=O)n1cccc1. The highest BCUT2D eigenvalue weighted by atomic mass is 79.9. The van der Waals surface area contributed by atoms with E-state index in [1.165, 1.54) is 3.97 Å². The molecule has 0 saturated heterocycles. The number of halogens is 1. The lowest BCUT2D eigenvalue weighted by Gasteiger charge is -2.37. The lowest BCUT2D eigenvalue weighted by atomic mass is 9.85. The number of hydrogen-bond acceptors (Lipinski definition) is 3. The minimum Gasteiger partial charge on any atom is -0.252 e. The van der Waals surface area contributed by atoms with Crippen LogP contribution in [0.15, 0.2) is 71.9 Å². The maximum atomic E-state index is 13.4. The Morgan fingerprint density at radius 1 is 1.11 bits per heavy atom. The van der Waals surface area contributed by atoms with Gasteiger partial charge < -0.3 is 0 Å². The number of benzene rings is 1. The van der Waals surface area contributed by atoms with Crippen molar-refractivity contribution in [2.75, 3.05) is 11.1 Å². The van der Waals surface area contributed by atoms with E-state index in [1.54, 1.807) is 36.3 Å². The summed E-state index contributed by atoms with van der Waals surface area (Å²) in [6.45, 7) is 3.88. The van der Waals surface area contributed by atoms with Gasteiger partial charge in [0.25, 0.3) is 0 Å². The molecule has 0 N–H and O–H groups in total. The standard InChI is InChI=1S/C22H26BrNO2S2/c1-18-21(27-17-9-6-14-23)20(19-10-4-3-5-11-19)12-13-22(18,2)28(25,26)24-15-7-8-16-24/h3-5,7-8,10-13,15-16,18H,6,9,14,17H2,1-2H3. The molecule has 1 aromatic carbocycles. The number of alkyl halides is 1. The van der Waals surface area contributed by atoms with Crippen LogP contribution < -0.4 is 0 Å². The first-order chi connectivity index (χ1) is 13.4. The minimum absolute atomic E-state index is 0.144. The van der Waals surface area contributed by atoms with Crippen molar-refractivity contribution in [3.05, 3.63) is 77.5 Å². The Balaban J connectivity index is 2.02. The molecule has 0 saturated carbocycles. The predicted octanol–water partition coefficient (Wildman–Crippen LogP) is 5.95. The fourth-order valence-electron chi connectivity index (χ4n) is 3.42. The zero-order chi connectivity index (χ0) is 20.2. The van der Waals surface area contributed by atoms with Crippen LogP contribution in [0.5, 0.6) is 0 Å². The molecule has 0 amide bonds. The fraction of sp³-hybridized carbons (Fsp3) is 0.364. The monoisotopic (exact) mass is 479 g/mol. The molecule has 1 aliphatic carbocycles. The van der Waals surface area contributed by atoms with Crippen LogP contribution in [0.2, 0.25) is 0 Å². The predicted molar refractivity (Wildman–Crippen MR) is 124 cm³/mol. The molecule has 2 unspecified atom stereocenters. The van der Waals surface area contributed by atoms with Crippen LogP contribution in [0.1, 0.15) is 32.3 Å². The van der Waals surface area contributed by atoms with Gasteiger partial charge in [-0.2, -0.15) is 0 Å². The number of rotatable bonds is 8. The molecule has 150 valence electrons. The Morgan fingerprint density at radius 2 is 1.79 bits per heavy atom. The lowest BCUT2D eigenvalue weighted by molar-refractivity contribution is 0.504. The van der Waals surface area contributed by atoms with Gasteiger partial charge in [-0.15, -0.1) is 11.8 Å². The summed E-state index contributed by atoms with van der Waals surface area (Å²) in [5, 5.41) is 0.993. The number of thioether (sulfide) groups is 1. The molecule has 0 fully saturated rings. The average molecular weight is 480 g/mol. The van der Waals surface area contributed by atoms with Crippen molar-refractivity contribution in [1.82, 2.24) is 3.97 Å². The Morgan fingerprint density at radius 3 is 2.43 bits per heavy atom. The second kappa shape index (κ2) is 9.06. The molecule has 2 aromatic rings. The molecule has 0 radical (unpaired) electrons. The topological polar surface area (TPSA) is 39.1 Å². The second-order valence-electron chi connectivity index (χ2n) is 7.15. The number of allylic oxidation sites excluding steroid dienone is 3. The average Bonchev–Trinajstić information content (AvgIpc) is 3.24. The Kier molecular flexibility index (Phi) is 6.94. The third-order valence-electron chi connectivity index (χ3n) is 5.38. The van der Waals surface area contributed by atoms with E-state index in [2.05, 4.69) is 28.1 Å². The molecule has 1 heterocycles.